The summed E-state index contributed by atoms with van der Waals surface area (Å²) in [5.41, 5.74) is 0. The van der Waals surface area contributed by atoms with E-state index in [0.29, 0.717) is 0 Å². The summed E-state index contributed by atoms with van der Waals surface area (Å²) in [6.07, 6.45) is 4.03. The van der Waals surface area contributed by atoms with E-state index in [9.17, 15) is 0 Å². The molecule has 0 amide bonds. The van der Waals surface area contributed by atoms with Gasteiger partial charge in [-0.25, -0.2) is 0 Å². The maximum atomic E-state index is 3.44. The molecule has 0 bridgehead atoms. The Morgan fingerprint density at radius 2 is 1.73 bits per heavy atom. The van der Waals surface area contributed by atoms with Crippen molar-refractivity contribution in [2.24, 2.45) is 5.92 Å². The number of nitrogens with one attached hydrogen (secondary N) is 2. The van der Waals surface area contributed by atoms with Crippen LogP contribution < -0.4 is 10.6 Å². The normalized spacial score (nSPS) is 28.0. The highest BCUT2D eigenvalue weighted by Gasteiger charge is 2.22. The third kappa shape index (κ3) is 3.91. The first kappa shape index (κ1) is 13.2. The smallest absolute Gasteiger partial charge is 0.0116 e. The fourth-order valence-corrected chi connectivity index (χ4v) is 2.67. The Labute approximate surface area is 99.4 Å². The summed E-state index contributed by atoms with van der Waals surface area (Å²) in [6, 6.07) is 0.830. The molecule has 4 heteroatoms. The van der Waals surface area contributed by atoms with Gasteiger partial charge in [0.15, 0.2) is 0 Å². The Balaban J connectivity index is 0.00000112. The van der Waals surface area contributed by atoms with Gasteiger partial charge in [-0.15, -0.1) is 12.4 Å². The van der Waals surface area contributed by atoms with E-state index in [0.717, 1.165) is 12.0 Å². The fourth-order valence-electron chi connectivity index (χ4n) is 2.67. The zero-order chi connectivity index (χ0) is 9.80. The van der Waals surface area contributed by atoms with Crippen LogP contribution in [0.15, 0.2) is 0 Å². The predicted octanol–water partition coefficient (Wildman–Crippen LogP) is 0.701. The minimum atomic E-state index is 0. The lowest BCUT2D eigenvalue weighted by atomic mass is 10.0. The number of hydrogen-bond acceptors (Lipinski definition) is 3. The van der Waals surface area contributed by atoms with Crippen LogP contribution in [-0.2, 0) is 0 Å². The van der Waals surface area contributed by atoms with Crippen molar-refractivity contribution in [2.75, 3.05) is 39.8 Å². The lowest BCUT2D eigenvalue weighted by Gasteiger charge is -2.33. The van der Waals surface area contributed by atoms with Crippen LogP contribution in [0.1, 0.15) is 19.3 Å². The summed E-state index contributed by atoms with van der Waals surface area (Å²) in [5, 5.41) is 6.87. The van der Waals surface area contributed by atoms with Crippen molar-refractivity contribution in [3.8, 4) is 0 Å². The van der Waals surface area contributed by atoms with Gasteiger partial charge in [-0.3, -0.25) is 0 Å². The van der Waals surface area contributed by atoms with E-state index in [2.05, 4.69) is 22.6 Å². The van der Waals surface area contributed by atoms with Crippen molar-refractivity contribution in [2.45, 2.75) is 25.3 Å². The van der Waals surface area contributed by atoms with E-state index in [4.69, 9.17) is 0 Å². The molecule has 2 saturated heterocycles. The van der Waals surface area contributed by atoms with Gasteiger partial charge in [-0.05, 0) is 58.4 Å². The summed E-state index contributed by atoms with van der Waals surface area (Å²) in [5.74, 6) is 0.898. The van der Waals surface area contributed by atoms with Gasteiger partial charge < -0.3 is 15.5 Å². The van der Waals surface area contributed by atoms with Gasteiger partial charge in [0.05, 0.1) is 0 Å². The van der Waals surface area contributed by atoms with Crippen LogP contribution in [0.3, 0.4) is 0 Å². The summed E-state index contributed by atoms with van der Waals surface area (Å²) >= 11 is 0. The standard InChI is InChI=1S/C11H23N3.ClH/c1-14(9-10-2-5-13-8-10)11-3-6-12-7-4-11;/h10-13H,2-9H2,1H3;1H. The summed E-state index contributed by atoms with van der Waals surface area (Å²) in [4.78, 5) is 2.58. The second kappa shape index (κ2) is 6.69. The van der Waals surface area contributed by atoms with Crippen LogP contribution in [-0.4, -0.2) is 50.7 Å². The van der Waals surface area contributed by atoms with E-state index < -0.39 is 0 Å². The van der Waals surface area contributed by atoms with Crippen molar-refractivity contribution in [1.82, 2.24) is 15.5 Å². The minimum Gasteiger partial charge on any atom is -0.317 e. The van der Waals surface area contributed by atoms with Crippen LogP contribution in [0.2, 0.25) is 0 Å². The highest BCUT2D eigenvalue weighted by atomic mass is 35.5. The minimum absolute atomic E-state index is 0. The molecular formula is C11H24ClN3. The Bertz CT molecular complexity index is 165. The van der Waals surface area contributed by atoms with Crippen molar-refractivity contribution in [1.29, 1.82) is 0 Å². The molecule has 0 aromatic heterocycles. The van der Waals surface area contributed by atoms with E-state index in [1.54, 1.807) is 0 Å². The zero-order valence-corrected chi connectivity index (χ0v) is 10.5. The molecule has 2 aliphatic heterocycles. The maximum absolute atomic E-state index is 3.44. The average Bonchev–Trinajstić information content (AvgIpc) is 2.72. The van der Waals surface area contributed by atoms with Crippen LogP contribution in [0.4, 0.5) is 0 Å². The SMILES string of the molecule is CN(CC1CCNC1)C1CCNCC1.Cl. The molecule has 0 aromatic carbocycles. The van der Waals surface area contributed by atoms with E-state index in [1.807, 2.05) is 0 Å². The zero-order valence-electron chi connectivity index (χ0n) is 9.67. The molecule has 0 aliphatic carbocycles. The molecule has 0 saturated carbocycles. The van der Waals surface area contributed by atoms with E-state index in [-0.39, 0.29) is 12.4 Å². The first-order valence-corrected chi connectivity index (χ1v) is 5.98. The van der Waals surface area contributed by atoms with Gasteiger partial charge in [0, 0.05) is 12.6 Å². The van der Waals surface area contributed by atoms with Gasteiger partial charge in [0.1, 0.15) is 0 Å². The van der Waals surface area contributed by atoms with E-state index >= 15 is 0 Å². The summed E-state index contributed by atoms with van der Waals surface area (Å²) in [7, 11) is 2.30. The molecular weight excluding hydrogens is 210 g/mol. The highest BCUT2D eigenvalue weighted by molar-refractivity contribution is 5.85. The highest BCUT2D eigenvalue weighted by Crippen LogP contribution is 2.15. The monoisotopic (exact) mass is 233 g/mol. The van der Waals surface area contributed by atoms with Crippen LogP contribution in [0.25, 0.3) is 0 Å². The third-order valence-electron chi connectivity index (χ3n) is 3.64. The van der Waals surface area contributed by atoms with Crippen LogP contribution in [0, 0.1) is 5.92 Å². The van der Waals surface area contributed by atoms with Crippen molar-refractivity contribution >= 4 is 12.4 Å². The Morgan fingerprint density at radius 3 is 2.33 bits per heavy atom. The fraction of sp³-hybridized carbons (Fsp3) is 1.00. The second-order valence-electron chi connectivity index (χ2n) is 4.78. The maximum Gasteiger partial charge on any atom is 0.0116 e. The molecule has 2 N–H and O–H groups in total. The molecule has 1 unspecified atom stereocenters. The quantitative estimate of drug-likeness (QED) is 0.752. The van der Waals surface area contributed by atoms with Crippen LogP contribution >= 0.6 is 12.4 Å². The van der Waals surface area contributed by atoms with Gasteiger partial charge in [-0.2, -0.15) is 0 Å². The lowest BCUT2D eigenvalue weighted by Crippen LogP contribution is -2.43. The molecule has 0 aromatic rings. The molecule has 2 fully saturated rings. The molecule has 0 spiro atoms. The molecule has 0 radical (unpaired) electrons. The Kier molecular flexibility index (Phi) is 5.90. The molecule has 15 heavy (non-hydrogen) atoms. The number of halogens is 1. The van der Waals surface area contributed by atoms with Crippen molar-refractivity contribution in [3.63, 3.8) is 0 Å². The lowest BCUT2D eigenvalue weighted by molar-refractivity contribution is 0.176. The van der Waals surface area contributed by atoms with Crippen molar-refractivity contribution < 1.29 is 0 Å². The van der Waals surface area contributed by atoms with Gasteiger partial charge >= 0.3 is 0 Å². The van der Waals surface area contributed by atoms with Crippen LogP contribution in [0.5, 0.6) is 0 Å². The van der Waals surface area contributed by atoms with Gasteiger partial charge in [0.25, 0.3) is 0 Å². The second-order valence-corrected chi connectivity index (χ2v) is 4.78. The molecule has 2 rings (SSSR count). The average molecular weight is 234 g/mol. The largest absolute Gasteiger partial charge is 0.317 e. The van der Waals surface area contributed by atoms with Crippen molar-refractivity contribution in [3.05, 3.63) is 0 Å². The number of nitrogens with zero attached hydrogens (tertiary/aromatic N) is 1. The molecule has 1 atom stereocenters. The number of rotatable bonds is 3. The van der Waals surface area contributed by atoms with Gasteiger partial charge in [-0.1, -0.05) is 0 Å². The molecule has 2 aliphatic rings. The predicted molar refractivity (Wildman–Crippen MR) is 66.7 cm³/mol. The summed E-state index contributed by atoms with van der Waals surface area (Å²) in [6.45, 7) is 6.16. The number of hydrogen-bond donors (Lipinski definition) is 2. The first-order chi connectivity index (χ1) is 6.86. The number of piperidine rings is 1. The topological polar surface area (TPSA) is 27.3 Å². The first-order valence-electron chi connectivity index (χ1n) is 5.98. The molecule has 90 valence electrons. The van der Waals surface area contributed by atoms with E-state index in [1.165, 1.54) is 52.0 Å². The van der Waals surface area contributed by atoms with Gasteiger partial charge in [0.2, 0.25) is 0 Å². The molecule has 2 heterocycles. The summed E-state index contributed by atoms with van der Waals surface area (Å²) < 4.78 is 0. The third-order valence-corrected chi connectivity index (χ3v) is 3.64. The Morgan fingerprint density at radius 1 is 1.07 bits per heavy atom. The Hall–Kier alpha value is 0.170. The molecule has 3 nitrogen and oxygen atoms in total.